The molecule has 1 aromatic rings. The third-order valence-electron chi connectivity index (χ3n) is 1.88. The highest BCUT2D eigenvalue weighted by Crippen LogP contribution is 1.95. The van der Waals surface area contributed by atoms with E-state index in [-0.39, 0.29) is 11.7 Å². The van der Waals surface area contributed by atoms with Crippen molar-refractivity contribution in [2.24, 2.45) is 0 Å². The molecular formula is C12H13N3O3. The summed E-state index contributed by atoms with van der Waals surface area (Å²) < 4.78 is 4.47. The Bertz CT molecular complexity index is 486. The van der Waals surface area contributed by atoms with Gasteiger partial charge in [-0.05, 0) is 0 Å². The quantitative estimate of drug-likeness (QED) is 0.467. The van der Waals surface area contributed by atoms with Gasteiger partial charge < -0.3 is 10.1 Å². The van der Waals surface area contributed by atoms with E-state index < -0.39 is 5.97 Å². The SMILES string of the molecule is COC(=O)c1ncc(C#CCCNC(C)=O)cn1. The molecule has 1 aromatic heterocycles. The summed E-state index contributed by atoms with van der Waals surface area (Å²) in [7, 11) is 1.27. The number of carbonyl (C=O) groups excluding carboxylic acids is 2. The van der Waals surface area contributed by atoms with Crippen LogP contribution < -0.4 is 5.32 Å². The molecule has 0 fully saturated rings. The molecule has 1 rings (SSSR count). The van der Waals surface area contributed by atoms with E-state index in [0.717, 1.165) is 0 Å². The van der Waals surface area contributed by atoms with Crippen LogP contribution >= 0.6 is 0 Å². The molecule has 94 valence electrons. The number of carbonyl (C=O) groups is 2. The van der Waals surface area contributed by atoms with Crippen molar-refractivity contribution in [3.8, 4) is 11.8 Å². The fourth-order valence-corrected chi connectivity index (χ4v) is 1.05. The van der Waals surface area contributed by atoms with Crippen LogP contribution in [0.25, 0.3) is 0 Å². The summed E-state index contributed by atoms with van der Waals surface area (Å²) >= 11 is 0. The summed E-state index contributed by atoms with van der Waals surface area (Å²) in [6.45, 7) is 1.95. The lowest BCUT2D eigenvalue weighted by Gasteiger charge is -1.96. The molecule has 1 N–H and O–H groups in total. The van der Waals surface area contributed by atoms with Crippen LogP contribution in [0, 0.1) is 11.8 Å². The monoisotopic (exact) mass is 247 g/mol. The van der Waals surface area contributed by atoms with Crippen LogP contribution in [0.4, 0.5) is 0 Å². The van der Waals surface area contributed by atoms with E-state index in [0.29, 0.717) is 18.5 Å². The zero-order valence-corrected chi connectivity index (χ0v) is 10.2. The van der Waals surface area contributed by atoms with Gasteiger partial charge in [0.25, 0.3) is 0 Å². The summed E-state index contributed by atoms with van der Waals surface area (Å²) in [5.74, 6) is 5.02. The number of nitrogens with zero attached hydrogens (tertiary/aromatic N) is 2. The summed E-state index contributed by atoms with van der Waals surface area (Å²) in [4.78, 5) is 29.3. The van der Waals surface area contributed by atoms with Crippen molar-refractivity contribution in [2.45, 2.75) is 13.3 Å². The highest BCUT2D eigenvalue weighted by Gasteiger charge is 2.07. The van der Waals surface area contributed by atoms with E-state index in [2.05, 4.69) is 31.9 Å². The second-order valence-electron chi connectivity index (χ2n) is 3.32. The third kappa shape index (κ3) is 4.61. The van der Waals surface area contributed by atoms with Gasteiger partial charge in [-0.15, -0.1) is 0 Å². The Morgan fingerprint density at radius 3 is 2.61 bits per heavy atom. The number of ether oxygens (including phenoxy) is 1. The van der Waals surface area contributed by atoms with Gasteiger partial charge >= 0.3 is 5.97 Å². The molecular weight excluding hydrogens is 234 g/mol. The maximum absolute atomic E-state index is 11.1. The molecule has 0 unspecified atom stereocenters. The molecule has 18 heavy (non-hydrogen) atoms. The van der Waals surface area contributed by atoms with E-state index in [1.54, 1.807) is 0 Å². The molecule has 0 radical (unpaired) electrons. The normalized spacial score (nSPS) is 9.00. The van der Waals surface area contributed by atoms with Gasteiger partial charge in [-0.1, -0.05) is 11.8 Å². The number of aromatic nitrogens is 2. The summed E-state index contributed by atoms with van der Waals surface area (Å²) in [5, 5.41) is 2.63. The molecule has 0 spiro atoms. The molecule has 1 amide bonds. The van der Waals surface area contributed by atoms with Crippen molar-refractivity contribution >= 4 is 11.9 Å². The van der Waals surface area contributed by atoms with Gasteiger partial charge in [-0.3, -0.25) is 4.79 Å². The van der Waals surface area contributed by atoms with Crippen molar-refractivity contribution in [1.29, 1.82) is 0 Å². The Hall–Kier alpha value is -2.42. The first-order valence-corrected chi connectivity index (χ1v) is 5.27. The molecule has 0 bridgehead atoms. The number of nitrogens with one attached hydrogen (secondary N) is 1. The molecule has 0 atom stereocenters. The molecule has 0 aliphatic heterocycles. The lowest BCUT2D eigenvalue weighted by atomic mass is 10.3. The van der Waals surface area contributed by atoms with Gasteiger partial charge in [0.15, 0.2) is 0 Å². The first-order valence-electron chi connectivity index (χ1n) is 5.27. The average molecular weight is 247 g/mol. The van der Waals surface area contributed by atoms with Crippen molar-refractivity contribution in [3.63, 3.8) is 0 Å². The maximum atomic E-state index is 11.1. The van der Waals surface area contributed by atoms with Crippen LogP contribution in [0.1, 0.15) is 29.5 Å². The molecule has 0 aliphatic carbocycles. The van der Waals surface area contributed by atoms with E-state index >= 15 is 0 Å². The maximum Gasteiger partial charge on any atom is 0.376 e. The van der Waals surface area contributed by atoms with E-state index in [9.17, 15) is 9.59 Å². The minimum atomic E-state index is -0.583. The van der Waals surface area contributed by atoms with Crippen LogP contribution in [0.15, 0.2) is 12.4 Å². The van der Waals surface area contributed by atoms with Gasteiger partial charge in [-0.25, -0.2) is 14.8 Å². The Kier molecular flexibility index (Phi) is 5.32. The number of amides is 1. The minimum absolute atomic E-state index is 0.00120. The second kappa shape index (κ2) is 7.01. The van der Waals surface area contributed by atoms with Gasteiger partial charge in [0.1, 0.15) is 0 Å². The smallest absolute Gasteiger partial charge is 0.376 e. The molecule has 0 saturated carbocycles. The molecule has 6 heteroatoms. The predicted octanol–water partition coefficient (Wildman–Crippen LogP) is 0.141. The molecule has 1 heterocycles. The number of rotatable bonds is 3. The zero-order chi connectivity index (χ0) is 13.4. The fourth-order valence-electron chi connectivity index (χ4n) is 1.05. The van der Waals surface area contributed by atoms with Gasteiger partial charge in [0, 0.05) is 32.3 Å². The molecule has 0 aliphatic rings. The molecule has 6 nitrogen and oxygen atoms in total. The van der Waals surface area contributed by atoms with Crippen LogP contribution in [0.3, 0.4) is 0 Å². The lowest BCUT2D eigenvalue weighted by molar-refractivity contribution is -0.118. The van der Waals surface area contributed by atoms with E-state index in [1.807, 2.05) is 0 Å². The largest absolute Gasteiger partial charge is 0.463 e. The van der Waals surface area contributed by atoms with Crippen LogP contribution in [0.5, 0.6) is 0 Å². The minimum Gasteiger partial charge on any atom is -0.463 e. The second-order valence-corrected chi connectivity index (χ2v) is 3.32. The number of esters is 1. The number of hydrogen-bond acceptors (Lipinski definition) is 5. The van der Waals surface area contributed by atoms with Crippen molar-refractivity contribution in [1.82, 2.24) is 15.3 Å². The Morgan fingerprint density at radius 2 is 2.06 bits per heavy atom. The van der Waals surface area contributed by atoms with Crippen LogP contribution in [-0.2, 0) is 9.53 Å². The highest BCUT2D eigenvalue weighted by molar-refractivity contribution is 5.84. The Morgan fingerprint density at radius 1 is 1.39 bits per heavy atom. The summed E-state index contributed by atoms with van der Waals surface area (Å²) in [5.41, 5.74) is 0.602. The average Bonchev–Trinajstić information content (AvgIpc) is 2.38. The third-order valence-corrected chi connectivity index (χ3v) is 1.88. The summed E-state index contributed by atoms with van der Waals surface area (Å²) in [6.07, 6.45) is 3.44. The highest BCUT2D eigenvalue weighted by atomic mass is 16.5. The first kappa shape index (κ1) is 13.6. The van der Waals surface area contributed by atoms with Gasteiger partial charge in [0.05, 0.1) is 12.7 Å². The van der Waals surface area contributed by atoms with Crippen LogP contribution in [0.2, 0.25) is 0 Å². The zero-order valence-electron chi connectivity index (χ0n) is 10.2. The van der Waals surface area contributed by atoms with Crippen LogP contribution in [-0.4, -0.2) is 35.5 Å². The van der Waals surface area contributed by atoms with Gasteiger partial charge in [-0.2, -0.15) is 0 Å². The van der Waals surface area contributed by atoms with Crippen molar-refractivity contribution < 1.29 is 14.3 Å². The summed E-state index contributed by atoms with van der Waals surface area (Å²) in [6, 6.07) is 0. The fraction of sp³-hybridized carbons (Fsp3) is 0.333. The lowest BCUT2D eigenvalue weighted by Crippen LogP contribution is -2.20. The topological polar surface area (TPSA) is 81.2 Å². The predicted molar refractivity (Wildman–Crippen MR) is 63.6 cm³/mol. The van der Waals surface area contributed by atoms with Gasteiger partial charge in [0.2, 0.25) is 11.7 Å². The standard InChI is InChI=1S/C12H13N3O3/c1-9(16)13-6-4-3-5-10-7-14-11(15-8-10)12(17)18-2/h7-8H,4,6H2,1-2H3,(H,13,16). The molecule has 0 saturated heterocycles. The van der Waals surface area contributed by atoms with E-state index in [1.165, 1.54) is 26.4 Å². The van der Waals surface area contributed by atoms with Crippen molar-refractivity contribution in [2.75, 3.05) is 13.7 Å². The number of methoxy groups -OCH3 is 1. The van der Waals surface area contributed by atoms with Crippen molar-refractivity contribution in [3.05, 3.63) is 23.8 Å². The molecule has 0 aromatic carbocycles. The Labute approximate surface area is 105 Å². The van der Waals surface area contributed by atoms with E-state index in [4.69, 9.17) is 0 Å². The first-order chi connectivity index (χ1) is 8.63. The Balaban J connectivity index is 2.51. The number of hydrogen-bond donors (Lipinski definition) is 1.